The first-order valence-corrected chi connectivity index (χ1v) is 9.80. The van der Waals surface area contributed by atoms with Crippen LogP contribution in [0.3, 0.4) is 0 Å². The molecule has 1 aliphatic heterocycles. The van der Waals surface area contributed by atoms with Crippen molar-refractivity contribution in [3.05, 3.63) is 34.9 Å². The number of likely N-dealkylation sites (tertiary alicyclic amines) is 1. The maximum atomic E-state index is 12.3. The van der Waals surface area contributed by atoms with Gasteiger partial charge in [0.1, 0.15) is 0 Å². The molecule has 1 saturated heterocycles. The van der Waals surface area contributed by atoms with Crippen molar-refractivity contribution < 1.29 is 4.79 Å². The zero-order valence-corrected chi connectivity index (χ0v) is 15.0. The number of hydrogen-bond acceptors (Lipinski definition) is 2. The summed E-state index contributed by atoms with van der Waals surface area (Å²) >= 11 is 5.99. The third-order valence-electron chi connectivity index (χ3n) is 5.80. The highest BCUT2D eigenvalue weighted by Crippen LogP contribution is 2.40. The van der Waals surface area contributed by atoms with Gasteiger partial charge in [-0.3, -0.25) is 4.79 Å². The van der Waals surface area contributed by atoms with Crippen molar-refractivity contribution >= 4 is 17.5 Å². The lowest BCUT2D eigenvalue weighted by molar-refractivity contribution is -0.130. The fourth-order valence-corrected chi connectivity index (χ4v) is 4.06. The summed E-state index contributed by atoms with van der Waals surface area (Å²) in [5.41, 5.74) is 1.61. The van der Waals surface area contributed by atoms with Crippen LogP contribution in [-0.2, 0) is 11.2 Å². The minimum absolute atomic E-state index is 0.257. The number of hydrogen-bond donors (Lipinski definition) is 1. The molecule has 3 fully saturated rings. The Labute approximate surface area is 149 Å². The normalized spacial score (nSPS) is 26.3. The molecular weight excluding hydrogens is 320 g/mol. The second-order valence-corrected chi connectivity index (χ2v) is 8.47. The summed E-state index contributed by atoms with van der Waals surface area (Å²) in [6, 6.07) is 8.71. The van der Waals surface area contributed by atoms with Gasteiger partial charge in [0.05, 0.1) is 0 Å². The standard InChI is InChI=1S/C20H27ClN2O/c21-17-5-3-15(4-6-17)13-20(10-11-20)22-18-7-8-19(24)23(12-9-18)14-16-1-2-16/h3-6,16,18,22H,1-2,7-14H2. The van der Waals surface area contributed by atoms with Crippen molar-refractivity contribution in [1.29, 1.82) is 0 Å². The summed E-state index contributed by atoms with van der Waals surface area (Å²) in [7, 11) is 0. The molecule has 3 aliphatic rings. The maximum absolute atomic E-state index is 12.3. The Kier molecular flexibility index (Phi) is 4.57. The van der Waals surface area contributed by atoms with Gasteiger partial charge in [-0.2, -0.15) is 0 Å². The van der Waals surface area contributed by atoms with Gasteiger partial charge < -0.3 is 10.2 Å². The van der Waals surface area contributed by atoms with E-state index in [2.05, 4.69) is 22.3 Å². The molecule has 130 valence electrons. The van der Waals surface area contributed by atoms with Gasteiger partial charge in [-0.25, -0.2) is 0 Å². The van der Waals surface area contributed by atoms with Crippen LogP contribution in [0.5, 0.6) is 0 Å². The molecule has 24 heavy (non-hydrogen) atoms. The van der Waals surface area contributed by atoms with Crippen LogP contribution in [0.15, 0.2) is 24.3 Å². The molecule has 2 saturated carbocycles. The minimum atomic E-state index is 0.257. The summed E-state index contributed by atoms with van der Waals surface area (Å²) in [4.78, 5) is 14.4. The zero-order chi connectivity index (χ0) is 16.6. The highest BCUT2D eigenvalue weighted by atomic mass is 35.5. The number of carbonyl (C=O) groups excluding carboxylic acids is 1. The molecule has 0 aromatic heterocycles. The second kappa shape index (κ2) is 6.68. The summed E-state index contributed by atoms with van der Waals surface area (Å²) in [6.07, 6.45) is 8.98. The Bertz CT molecular complexity index is 592. The van der Waals surface area contributed by atoms with Crippen LogP contribution in [0.2, 0.25) is 5.02 Å². The highest BCUT2D eigenvalue weighted by molar-refractivity contribution is 6.30. The average molecular weight is 347 g/mol. The molecule has 2 aliphatic carbocycles. The van der Waals surface area contributed by atoms with Crippen LogP contribution in [0.1, 0.15) is 50.5 Å². The number of benzene rings is 1. The van der Waals surface area contributed by atoms with E-state index in [0.29, 0.717) is 18.4 Å². The summed E-state index contributed by atoms with van der Waals surface area (Å²) < 4.78 is 0. The predicted octanol–water partition coefficient (Wildman–Crippen LogP) is 3.80. The van der Waals surface area contributed by atoms with Crippen LogP contribution in [-0.4, -0.2) is 35.5 Å². The lowest BCUT2D eigenvalue weighted by Crippen LogP contribution is -2.42. The Balaban J connectivity index is 1.32. The first kappa shape index (κ1) is 16.4. The molecule has 4 rings (SSSR count). The number of amides is 1. The highest BCUT2D eigenvalue weighted by Gasteiger charge is 2.44. The summed E-state index contributed by atoms with van der Waals surface area (Å²) in [6.45, 7) is 1.94. The number of rotatable bonds is 6. The van der Waals surface area contributed by atoms with Crippen LogP contribution >= 0.6 is 11.6 Å². The van der Waals surface area contributed by atoms with E-state index in [1.54, 1.807) is 0 Å². The van der Waals surface area contributed by atoms with Crippen molar-refractivity contribution in [2.75, 3.05) is 13.1 Å². The lowest BCUT2D eigenvalue weighted by atomic mass is 10.0. The van der Waals surface area contributed by atoms with Gasteiger partial charge in [0.2, 0.25) is 5.91 Å². The average Bonchev–Trinajstić information content (AvgIpc) is 3.47. The quantitative estimate of drug-likeness (QED) is 0.849. The lowest BCUT2D eigenvalue weighted by Gasteiger charge is -2.25. The van der Waals surface area contributed by atoms with Gasteiger partial charge in [0, 0.05) is 36.1 Å². The molecule has 0 bridgehead atoms. The van der Waals surface area contributed by atoms with E-state index in [-0.39, 0.29) is 5.54 Å². The van der Waals surface area contributed by atoms with Crippen LogP contribution in [0.4, 0.5) is 0 Å². The largest absolute Gasteiger partial charge is 0.342 e. The molecule has 1 heterocycles. The molecule has 0 radical (unpaired) electrons. The van der Waals surface area contributed by atoms with Crippen LogP contribution < -0.4 is 5.32 Å². The number of carbonyl (C=O) groups is 1. The third-order valence-corrected chi connectivity index (χ3v) is 6.05. The first-order valence-electron chi connectivity index (χ1n) is 9.42. The minimum Gasteiger partial charge on any atom is -0.342 e. The van der Waals surface area contributed by atoms with E-state index in [0.717, 1.165) is 43.3 Å². The van der Waals surface area contributed by atoms with E-state index in [4.69, 9.17) is 11.6 Å². The molecule has 1 unspecified atom stereocenters. The number of halogens is 1. The molecule has 3 nitrogen and oxygen atoms in total. The smallest absolute Gasteiger partial charge is 0.222 e. The van der Waals surface area contributed by atoms with E-state index < -0.39 is 0 Å². The summed E-state index contributed by atoms with van der Waals surface area (Å²) in [5.74, 6) is 1.16. The van der Waals surface area contributed by atoms with E-state index >= 15 is 0 Å². The van der Waals surface area contributed by atoms with Crippen molar-refractivity contribution in [3.63, 3.8) is 0 Å². The molecular formula is C20H27ClN2O. The SMILES string of the molecule is O=C1CCC(NC2(Cc3ccc(Cl)cc3)CC2)CCN1CC1CC1. The predicted molar refractivity (Wildman–Crippen MR) is 97.2 cm³/mol. The molecule has 1 atom stereocenters. The number of nitrogens with zero attached hydrogens (tertiary/aromatic N) is 1. The fraction of sp³-hybridized carbons (Fsp3) is 0.650. The van der Waals surface area contributed by atoms with Crippen molar-refractivity contribution in [2.24, 2.45) is 5.92 Å². The monoisotopic (exact) mass is 346 g/mol. The van der Waals surface area contributed by atoms with Crippen LogP contribution in [0.25, 0.3) is 0 Å². The molecule has 4 heteroatoms. The Morgan fingerprint density at radius 1 is 1.12 bits per heavy atom. The van der Waals surface area contributed by atoms with E-state index in [1.165, 1.54) is 31.2 Å². The Hall–Kier alpha value is -1.06. The van der Waals surface area contributed by atoms with Gasteiger partial charge in [-0.1, -0.05) is 23.7 Å². The second-order valence-electron chi connectivity index (χ2n) is 8.04. The van der Waals surface area contributed by atoms with Gasteiger partial charge in [-0.05, 0) is 68.6 Å². The molecule has 1 amide bonds. The molecule has 0 spiro atoms. The Morgan fingerprint density at radius 2 is 1.88 bits per heavy atom. The third kappa shape index (κ3) is 4.12. The topological polar surface area (TPSA) is 32.3 Å². The zero-order valence-electron chi connectivity index (χ0n) is 14.3. The maximum Gasteiger partial charge on any atom is 0.222 e. The van der Waals surface area contributed by atoms with E-state index in [9.17, 15) is 4.79 Å². The van der Waals surface area contributed by atoms with Crippen molar-refractivity contribution in [3.8, 4) is 0 Å². The number of nitrogens with one attached hydrogen (secondary N) is 1. The van der Waals surface area contributed by atoms with Crippen molar-refractivity contribution in [1.82, 2.24) is 10.2 Å². The van der Waals surface area contributed by atoms with Crippen LogP contribution in [0, 0.1) is 5.92 Å². The van der Waals surface area contributed by atoms with Gasteiger partial charge >= 0.3 is 0 Å². The Morgan fingerprint density at radius 3 is 2.54 bits per heavy atom. The first-order chi connectivity index (χ1) is 11.6. The fourth-order valence-electron chi connectivity index (χ4n) is 3.94. The molecule has 1 aromatic rings. The van der Waals surface area contributed by atoms with Gasteiger partial charge in [-0.15, -0.1) is 0 Å². The van der Waals surface area contributed by atoms with E-state index in [1.807, 2.05) is 12.1 Å². The van der Waals surface area contributed by atoms with Gasteiger partial charge in [0.25, 0.3) is 0 Å². The molecule has 1 aromatic carbocycles. The van der Waals surface area contributed by atoms with Gasteiger partial charge in [0.15, 0.2) is 0 Å². The molecule has 1 N–H and O–H groups in total. The summed E-state index contributed by atoms with van der Waals surface area (Å²) in [5, 5.41) is 4.71. The van der Waals surface area contributed by atoms with Crippen molar-refractivity contribution in [2.45, 2.75) is 62.9 Å².